The third-order valence-electron chi connectivity index (χ3n) is 12.6. The van der Waals surface area contributed by atoms with E-state index in [2.05, 4.69) is 67.2 Å². The molecule has 366 valence electrons. The van der Waals surface area contributed by atoms with Gasteiger partial charge < -0.3 is 19.6 Å². The lowest BCUT2D eigenvalue weighted by Crippen LogP contribution is -2.54. The monoisotopic (exact) mass is 1010 g/mol. The van der Waals surface area contributed by atoms with Crippen LogP contribution < -0.4 is 19.2 Å². The normalized spacial score (nSPS) is 21.3. The standard InChI is InChI=1S/C23H33ClN6O3S.C21H28ClFN6O3S/c1-17-6-9-27(10-7-17)21-14-19(4-5-20(21)24)16-28-12-13-29(15-18(28)2)23(31)30-11-8-22(25-30)26-34(3,32)33;1-15-12-28(21(30)29-8-6-20(24-29)25-33(2,31)32)10-9-26(15)13-16-3-4-18(22)19(11-16)27-7-5-17(23)14-27/h4-5,8,11,14,17-18H,6-7,9-10,12-13,15-16H2,1-3H3,(H,25,26);3-4,6,8,11,15,17H,5,7,9-10,12-14H2,1-2H3,(H,24,25)/t18-;15-,17+/m11/s1. The molecular formula is C44H61Cl2FN12O6S2. The van der Waals surface area contributed by atoms with Crippen LogP contribution in [0.5, 0.6) is 0 Å². The third-order valence-corrected chi connectivity index (χ3v) is 14.4. The average Bonchev–Trinajstić information content (AvgIpc) is 4.04. The molecule has 18 nitrogen and oxygen atoms in total. The Balaban J connectivity index is 0.000000199. The zero-order valence-electron chi connectivity index (χ0n) is 38.6. The molecule has 6 heterocycles. The highest BCUT2D eigenvalue weighted by Crippen LogP contribution is 2.33. The number of piperazine rings is 2. The minimum Gasteiger partial charge on any atom is -0.370 e. The van der Waals surface area contributed by atoms with E-state index in [9.17, 15) is 30.8 Å². The van der Waals surface area contributed by atoms with Crippen LogP contribution in [0.15, 0.2) is 60.9 Å². The van der Waals surface area contributed by atoms with Gasteiger partial charge in [-0.15, -0.1) is 10.2 Å². The molecule has 2 amide bonds. The Kier molecular flexibility index (Phi) is 16.0. The van der Waals surface area contributed by atoms with Gasteiger partial charge in [-0.05, 0) is 74.4 Å². The number of anilines is 4. The Morgan fingerprint density at radius 1 is 0.627 bits per heavy atom. The highest BCUT2D eigenvalue weighted by atomic mass is 35.5. The predicted molar refractivity (Wildman–Crippen MR) is 261 cm³/mol. The van der Waals surface area contributed by atoms with E-state index in [0.717, 1.165) is 71.3 Å². The zero-order chi connectivity index (χ0) is 48.2. The van der Waals surface area contributed by atoms with Crippen LogP contribution in [0.3, 0.4) is 0 Å². The lowest BCUT2D eigenvalue weighted by atomic mass is 9.98. The fraction of sp³-hybridized carbons (Fsp3) is 0.545. The number of amides is 2. The van der Waals surface area contributed by atoms with Crippen molar-refractivity contribution in [3.05, 3.63) is 82.1 Å². The number of alkyl halides is 1. The first-order valence-corrected chi connectivity index (χ1v) is 27.1. The van der Waals surface area contributed by atoms with Crippen molar-refractivity contribution in [3.63, 3.8) is 0 Å². The van der Waals surface area contributed by atoms with Crippen molar-refractivity contribution in [3.8, 4) is 0 Å². The number of nitrogens with one attached hydrogen (secondary N) is 2. The summed E-state index contributed by atoms with van der Waals surface area (Å²) in [6.07, 6.45) is 7.09. The SMILES string of the molecule is CC1CCN(c2cc(CN3CCN(C(=O)n4ccc(NS(C)(=O)=O)n4)C[C@H]3C)ccc2Cl)CC1.C[C@@H]1CN(C(=O)n2ccc(NS(C)(=O)=O)n2)CCN1Cc1ccc(Cl)c(N2CC[C@H](F)C2)c1. The van der Waals surface area contributed by atoms with Crippen LogP contribution in [0.2, 0.25) is 10.0 Å². The van der Waals surface area contributed by atoms with Crippen molar-refractivity contribution < 1.29 is 30.8 Å². The Labute approximate surface area is 403 Å². The molecule has 23 heteroatoms. The van der Waals surface area contributed by atoms with Gasteiger partial charge in [0.05, 0.1) is 33.9 Å². The summed E-state index contributed by atoms with van der Waals surface area (Å²) in [6.45, 7) is 14.7. The second kappa shape index (κ2) is 21.3. The van der Waals surface area contributed by atoms with E-state index in [1.54, 1.807) is 9.80 Å². The first-order chi connectivity index (χ1) is 31.7. The number of rotatable bonds is 10. The fourth-order valence-corrected chi connectivity index (χ4v) is 10.4. The van der Waals surface area contributed by atoms with E-state index < -0.39 is 26.2 Å². The molecule has 0 aliphatic carbocycles. The summed E-state index contributed by atoms with van der Waals surface area (Å²) >= 11 is 12.9. The Bertz CT molecular complexity index is 2610. The summed E-state index contributed by atoms with van der Waals surface area (Å²) in [7, 11) is -6.91. The van der Waals surface area contributed by atoms with Gasteiger partial charge in [-0.3, -0.25) is 19.2 Å². The van der Waals surface area contributed by atoms with Crippen LogP contribution in [0.25, 0.3) is 0 Å². The van der Waals surface area contributed by atoms with Gasteiger partial charge in [0, 0.05) is 115 Å². The van der Waals surface area contributed by atoms with Gasteiger partial charge in [0.15, 0.2) is 11.6 Å². The van der Waals surface area contributed by atoms with Crippen LogP contribution in [-0.2, 0) is 33.1 Å². The molecule has 4 aromatic rings. The van der Waals surface area contributed by atoms with Crippen molar-refractivity contribution in [1.29, 1.82) is 0 Å². The topological polar surface area (TPSA) is 182 Å². The highest BCUT2D eigenvalue weighted by molar-refractivity contribution is 7.92. The van der Waals surface area contributed by atoms with Crippen LogP contribution in [0, 0.1) is 5.92 Å². The summed E-state index contributed by atoms with van der Waals surface area (Å²) in [5.74, 6) is 1.000. The molecule has 8 rings (SSSR count). The lowest BCUT2D eigenvalue weighted by Gasteiger charge is -2.39. The first-order valence-electron chi connectivity index (χ1n) is 22.5. The van der Waals surface area contributed by atoms with E-state index in [1.807, 2.05) is 29.2 Å². The molecule has 4 aliphatic rings. The van der Waals surface area contributed by atoms with Crippen molar-refractivity contribution in [2.24, 2.45) is 5.92 Å². The van der Waals surface area contributed by atoms with Crippen LogP contribution in [0.1, 0.15) is 51.2 Å². The molecule has 0 radical (unpaired) electrons. The van der Waals surface area contributed by atoms with Gasteiger partial charge >= 0.3 is 12.1 Å². The predicted octanol–water partition coefficient (Wildman–Crippen LogP) is 5.95. The largest absolute Gasteiger partial charge is 0.370 e. The Morgan fingerprint density at radius 3 is 1.46 bits per heavy atom. The molecule has 2 aromatic carbocycles. The summed E-state index contributed by atoms with van der Waals surface area (Å²) in [4.78, 5) is 38.2. The van der Waals surface area contributed by atoms with Crippen molar-refractivity contribution in [2.45, 2.75) is 71.4 Å². The number of nitrogens with zero attached hydrogens (tertiary/aromatic N) is 10. The smallest absolute Gasteiger partial charge is 0.344 e. The second-order valence-corrected chi connectivity index (χ2v) is 22.5. The van der Waals surface area contributed by atoms with Crippen molar-refractivity contribution >= 4 is 78.3 Å². The number of aromatic nitrogens is 4. The number of carbonyl (C=O) groups excluding carboxylic acids is 2. The number of hydrogen-bond donors (Lipinski definition) is 2. The Morgan fingerprint density at radius 2 is 1.06 bits per heavy atom. The zero-order valence-corrected chi connectivity index (χ0v) is 41.7. The van der Waals surface area contributed by atoms with Crippen molar-refractivity contribution in [2.75, 3.05) is 97.2 Å². The molecule has 3 atom stereocenters. The second-order valence-electron chi connectivity index (χ2n) is 18.2. The van der Waals surface area contributed by atoms with E-state index in [0.29, 0.717) is 63.8 Å². The molecule has 0 bridgehead atoms. The maximum Gasteiger partial charge on any atom is 0.344 e. The molecule has 4 fully saturated rings. The minimum absolute atomic E-state index is 0.105. The summed E-state index contributed by atoms with van der Waals surface area (Å²) in [6, 6.07) is 14.8. The summed E-state index contributed by atoms with van der Waals surface area (Å²) in [5, 5.41) is 9.50. The van der Waals surface area contributed by atoms with Crippen LogP contribution in [0.4, 0.5) is 37.0 Å². The number of piperidine rings is 1. The van der Waals surface area contributed by atoms with Crippen molar-refractivity contribution in [1.82, 2.24) is 39.2 Å². The molecule has 2 N–H and O–H groups in total. The average molecular weight is 1010 g/mol. The van der Waals surface area contributed by atoms with Gasteiger partial charge in [-0.2, -0.15) is 9.36 Å². The van der Waals surface area contributed by atoms with E-state index in [1.165, 1.54) is 47.6 Å². The van der Waals surface area contributed by atoms with Gasteiger partial charge in [0.2, 0.25) is 20.0 Å². The summed E-state index contributed by atoms with van der Waals surface area (Å²) in [5.41, 5.74) is 4.29. The molecule has 4 saturated heterocycles. The van der Waals surface area contributed by atoms with Gasteiger partial charge in [0.1, 0.15) is 6.17 Å². The molecular weight excluding hydrogens is 947 g/mol. The fourth-order valence-electron chi connectivity index (χ4n) is 8.90. The number of benzene rings is 2. The molecule has 4 aliphatic heterocycles. The van der Waals surface area contributed by atoms with Crippen LogP contribution in [-0.4, -0.2) is 164 Å². The number of hydrogen-bond acceptors (Lipinski definition) is 12. The van der Waals surface area contributed by atoms with Gasteiger partial charge in [0.25, 0.3) is 0 Å². The molecule has 2 aromatic heterocycles. The molecule has 67 heavy (non-hydrogen) atoms. The maximum absolute atomic E-state index is 13.7. The van der Waals surface area contributed by atoms with E-state index >= 15 is 0 Å². The lowest BCUT2D eigenvalue weighted by molar-refractivity contribution is 0.0920. The molecule has 0 saturated carbocycles. The van der Waals surface area contributed by atoms with E-state index in [4.69, 9.17) is 23.2 Å². The number of halogens is 3. The van der Waals surface area contributed by atoms with Gasteiger partial charge in [-0.1, -0.05) is 42.3 Å². The quantitative estimate of drug-likeness (QED) is 0.191. The van der Waals surface area contributed by atoms with E-state index in [-0.39, 0.29) is 35.8 Å². The highest BCUT2D eigenvalue weighted by Gasteiger charge is 2.31. The van der Waals surface area contributed by atoms with Crippen LogP contribution >= 0.6 is 23.2 Å². The maximum atomic E-state index is 13.7. The third kappa shape index (κ3) is 13.5. The number of carbonyl (C=O) groups is 2. The minimum atomic E-state index is -3.46. The molecule has 0 spiro atoms. The molecule has 0 unspecified atom stereocenters. The summed E-state index contributed by atoms with van der Waals surface area (Å²) < 4.78 is 66.0. The Hall–Kier alpha value is -4.67. The first kappa shape index (κ1) is 50.2. The van der Waals surface area contributed by atoms with Gasteiger partial charge in [-0.25, -0.2) is 30.8 Å². The number of sulfonamides is 2.